The van der Waals surface area contributed by atoms with Crippen molar-refractivity contribution in [1.82, 2.24) is 32.1 Å². The fourth-order valence-electron chi connectivity index (χ4n) is 4.77. The molecule has 184 valence electrons. The van der Waals surface area contributed by atoms with Gasteiger partial charge in [0.1, 0.15) is 11.1 Å². The van der Waals surface area contributed by atoms with Crippen molar-refractivity contribution >= 4 is 10.0 Å². The number of alkyl halides is 3. The van der Waals surface area contributed by atoms with Crippen LogP contribution < -0.4 is 32.4 Å². The standard InChI is InChI=1S/C21H26F3N7O2S/c22-21(23,24)17-6-5-16(18(19(17)34(25,32)33)20-27-29-30-28-20)14-3-1-13(2-4-14)15-10-31(11-15)9-12-7-26-8-12/h1-6,12,15,20,26-30H,7-11H2,(H2,25,32,33). The number of likely N-dealkylation sites (tertiary alicyclic amines) is 1. The van der Waals surface area contributed by atoms with Crippen molar-refractivity contribution in [3.8, 4) is 11.1 Å². The van der Waals surface area contributed by atoms with Gasteiger partial charge in [0.05, 0.1) is 5.56 Å². The average molecular weight is 498 g/mol. The normalized spacial score (nSPS) is 20.9. The van der Waals surface area contributed by atoms with E-state index in [0.717, 1.165) is 50.3 Å². The van der Waals surface area contributed by atoms with E-state index in [-0.39, 0.29) is 5.56 Å². The molecule has 0 aromatic heterocycles. The molecule has 5 rings (SSSR count). The minimum Gasteiger partial charge on any atom is -0.316 e. The van der Waals surface area contributed by atoms with Gasteiger partial charge in [-0.05, 0) is 28.7 Å². The molecule has 3 aliphatic rings. The molecule has 7 N–H and O–H groups in total. The molecular weight excluding hydrogens is 471 g/mol. The second-order valence-corrected chi connectivity index (χ2v) is 10.5. The van der Waals surface area contributed by atoms with Crippen LogP contribution in [0.1, 0.15) is 28.8 Å². The number of nitrogens with one attached hydrogen (secondary N) is 5. The summed E-state index contributed by atoms with van der Waals surface area (Å²) in [6.45, 7) is 5.19. The quantitative estimate of drug-likeness (QED) is 0.346. The number of nitrogens with two attached hydrogens (primary N) is 1. The van der Waals surface area contributed by atoms with Crippen molar-refractivity contribution < 1.29 is 21.6 Å². The number of hydrazine groups is 3. The van der Waals surface area contributed by atoms with E-state index >= 15 is 0 Å². The van der Waals surface area contributed by atoms with Crippen molar-refractivity contribution in [3.63, 3.8) is 0 Å². The SMILES string of the molecule is NS(=O)(=O)c1c(C(F)(F)F)ccc(-c2ccc(C3CN(CC4CNC4)C3)cc2)c1C1NNNN1. The van der Waals surface area contributed by atoms with E-state index in [1.54, 1.807) is 0 Å². The van der Waals surface area contributed by atoms with Gasteiger partial charge in [-0.1, -0.05) is 30.3 Å². The minimum absolute atomic E-state index is 0.119. The summed E-state index contributed by atoms with van der Waals surface area (Å²) >= 11 is 0. The van der Waals surface area contributed by atoms with Crippen LogP contribution in [-0.2, 0) is 16.2 Å². The lowest BCUT2D eigenvalue weighted by Crippen LogP contribution is -2.53. The Bertz CT molecular complexity index is 1160. The highest BCUT2D eigenvalue weighted by molar-refractivity contribution is 7.89. The summed E-state index contributed by atoms with van der Waals surface area (Å²) in [6, 6.07) is 9.56. The third-order valence-corrected chi connectivity index (χ3v) is 7.61. The largest absolute Gasteiger partial charge is 0.417 e. The van der Waals surface area contributed by atoms with Crippen molar-refractivity contribution in [1.29, 1.82) is 0 Å². The van der Waals surface area contributed by atoms with E-state index in [9.17, 15) is 21.6 Å². The minimum atomic E-state index is -4.90. The van der Waals surface area contributed by atoms with Crippen LogP contribution in [-0.4, -0.2) is 46.0 Å². The highest BCUT2D eigenvalue weighted by Gasteiger charge is 2.40. The number of nitrogens with zero attached hydrogens (tertiary/aromatic N) is 1. The smallest absolute Gasteiger partial charge is 0.316 e. The predicted octanol–water partition coefficient (Wildman–Crippen LogP) is 0.754. The zero-order valence-corrected chi connectivity index (χ0v) is 18.9. The van der Waals surface area contributed by atoms with Gasteiger partial charge < -0.3 is 10.2 Å². The first-order valence-corrected chi connectivity index (χ1v) is 12.5. The van der Waals surface area contributed by atoms with Crippen LogP contribution in [0.4, 0.5) is 13.2 Å². The summed E-state index contributed by atoms with van der Waals surface area (Å²) in [6.07, 6.45) is -5.88. The summed E-state index contributed by atoms with van der Waals surface area (Å²) < 4.78 is 65.8. The van der Waals surface area contributed by atoms with Gasteiger partial charge in [0, 0.05) is 44.2 Å². The molecule has 0 unspecified atom stereocenters. The lowest BCUT2D eigenvalue weighted by atomic mass is 9.88. The first kappa shape index (κ1) is 23.6. The number of primary sulfonamides is 1. The number of sulfonamides is 1. The third-order valence-electron chi connectivity index (χ3n) is 6.60. The van der Waals surface area contributed by atoms with Crippen LogP contribution >= 0.6 is 0 Å². The number of hydrogen-bond donors (Lipinski definition) is 6. The van der Waals surface area contributed by atoms with Gasteiger partial charge in [-0.15, -0.1) is 0 Å². The number of halogens is 3. The van der Waals surface area contributed by atoms with Crippen molar-refractivity contribution in [2.24, 2.45) is 11.1 Å². The Morgan fingerprint density at radius 1 is 1.00 bits per heavy atom. The van der Waals surface area contributed by atoms with Crippen molar-refractivity contribution in [3.05, 3.63) is 53.1 Å². The van der Waals surface area contributed by atoms with Crippen molar-refractivity contribution in [2.75, 3.05) is 32.7 Å². The third kappa shape index (κ3) is 4.57. The topological polar surface area (TPSA) is 124 Å². The summed E-state index contributed by atoms with van der Waals surface area (Å²) in [7, 11) is -4.71. The summed E-state index contributed by atoms with van der Waals surface area (Å²) in [5.41, 5.74) is 11.0. The molecule has 0 aliphatic carbocycles. The molecule has 0 radical (unpaired) electrons. The molecule has 0 atom stereocenters. The summed E-state index contributed by atoms with van der Waals surface area (Å²) in [5, 5.41) is 8.57. The predicted molar refractivity (Wildman–Crippen MR) is 119 cm³/mol. The number of rotatable bonds is 6. The Hall–Kier alpha value is -2.10. The van der Waals surface area contributed by atoms with Crippen LogP contribution in [0.5, 0.6) is 0 Å². The van der Waals surface area contributed by atoms with Crippen LogP contribution in [0.15, 0.2) is 41.3 Å². The van der Waals surface area contributed by atoms with Gasteiger partial charge in [-0.3, -0.25) is 0 Å². The van der Waals surface area contributed by atoms with Crippen LogP contribution in [0.3, 0.4) is 0 Å². The van der Waals surface area contributed by atoms with E-state index in [4.69, 9.17) is 5.14 Å². The molecule has 0 spiro atoms. The molecule has 34 heavy (non-hydrogen) atoms. The van der Waals surface area contributed by atoms with Gasteiger partial charge in [0.2, 0.25) is 10.0 Å². The Morgan fingerprint density at radius 2 is 1.65 bits per heavy atom. The maximum atomic E-state index is 13.7. The molecule has 3 saturated heterocycles. The molecular formula is C21H26F3N7O2S. The van der Waals surface area contributed by atoms with E-state index < -0.39 is 32.8 Å². The van der Waals surface area contributed by atoms with Gasteiger partial charge in [0.25, 0.3) is 0 Å². The maximum Gasteiger partial charge on any atom is 0.417 e. The molecule has 3 heterocycles. The number of hydrogen-bond acceptors (Lipinski definition) is 8. The summed E-state index contributed by atoms with van der Waals surface area (Å²) in [4.78, 5) is 1.46. The zero-order chi connectivity index (χ0) is 24.1. The van der Waals surface area contributed by atoms with Crippen molar-refractivity contribution in [2.45, 2.75) is 23.2 Å². The van der Waals surface area contributed by atoms with E-state index in [2.05, 4.69) is 32.1 Å². The second kappa shape index (κ2) is 8.84. The van der Waals surface area contributed by atoms with Gasteiger partial charge in [0.15, 0.2) is 0 Å². The van der Waals surface area contributed by atoms with E-state index in [1.165, 1.54) is 6.07 Å². The van der Waals surface area contributed by atoms with Crippen LogP contribution in [0, 0.1) is 5.92 Å². The highest BCUT2D eigenvalue weighted by Crippen LogP contribution is 2.41. The molecule has 13 heteroatoms. The Balaban J connectivity index is 1.47. The van der Waals surface area contributed by atoms with Crippen LogP contribution in [0.2, 0.25) is 0 Å². The number of benzene rings is 2. The molecule has 0 amide bonds. The Kier molecular flexibility index (Phi) is 6.14. The van der Waals surface area contributed by atoms with Gasteiger partial charge in [-0.25, -0.2) is 24.4 Å². The molecule has 3 aliphatic heterocycles. The fourth-order valence-corrected chi connectivity index (χ4v) is 5.80. The zero-order valence-electron chi connectivity index (χ0n) is 18.1. The Labute approximate surface area is 195 Å². The maximum absolute atomic E-state index is 13.7. The molecule has 0 bridgehead atoms. The van der Waals surface area contributed by atoms with Gasteiger partial charge in [-0.2, -0.15) is 24.2 Å². The van der Waals surface area contributed by atoms with E-state index in [0.29, 0.717) is 17.0 Å². The fraction of sp³-hybridized carbons (Fsp3) is 0.429. The first-order chi connectivity index (χ1) is 16.1. The Morgan fingerprint density at radius 3 is 2.18 bits per heavy atom. The second-order valence-electron chi connectivity index (χ2n) is 8.98. The molecule has 2 aromatic carbocycles. The average Bonchev–Trinajstić information content (AvgIpc) is 3.24. The first-order valence-electron chi connectivity index (χ1n) is 10.9. The van der Waals surface area contributed by atoms with Crippen LogP contribution in [0.25, 0.3) is 11.1 Å². The molecule has 9 nitrogen and oxygen atoms in total. The highest BCUT2D eigenvalue weighted by atomic mass is 32.2. The summed E-state index contributed by atoms with van der Waals surface area (Å²) in [5.74, 6) is 1.12. The monoisotopic (exact) mass is 497 g/mol. The molecule has 0 saturated carbocycles. The lowest BCUT2D eigenvalue weighted by molar-refractivity contribution is -0.140. The lowest BCUT2D eigenvalue weighted by Gasteiger charge is -2.43. The van der Waals surface area contributed by atoms with E-state index in [1.807, 2.05) is 24.3 Å². The molecule has 2 aromatic rings. The van der Waals surface area contributed by atoms with Gasteiger partial charge >= 0.3 is 6.18 Å². The molecule has 3 fully saturated rings.